The predicted octanol–water partition coefficient (Wildman–Crippen LogP) is 4.15. The van der Waals surface area contributed by atoms with Crippen LogP contribution < -0.4 is 10.1 Å². The first-order valence-electron chi connectivity index (χ1n) is 8.72. The molecule has 0 bridgehead atoms. The zero-order valence-electron chi connectivity index (χ0n) is 15.6. The highest BCUT2D eigenvalue weighted by Crippen LogP contribution is 2.33. The molecule has 9 heteroatoms. The largest absolute Gasteiger partial charge is 0.497 e. The van der Waals surface area contributed by atoms with E-state index in [9.17, 15) is 4.79 Å². The van der Waals surface area contributed by atoms with E-state index >= 15 is 0 Å². The lowest BCUT2D eigenvalue weighted by atomic mass is 10.1. The Bertz CT molecular complexity index is 1100. The lowest BCUT2D eigenvalue weighted by Crippen LogP contribution is -2.17. The van der Waals surface area contributed by atoms with Crippen molar-refractivity contribution in [1.29, 1.82) is 0 Å². The third-order valence-corrected chi connectivity index (χ3v) is 6.23. The molecule has 1 aliphatic rings. The summed E-state index contributed by atoms with van der Waals surface area (Å²) in [5.74, 6) is 1.09. The van der Waals surface area contributed by atoms with Crippen LogP contribution in [0.2, 0.25) is 0 Å². The van der Waals surface area contributed by atoms with Gasteiger partial charge < -0.3 is 10.1 Å². The third kappa shape index (κ3) is 3.69. The minimum Gasteiger partial charge on any atom is -0.497 e. The van der Waals surface area contributed by atoms with Gasteiger partial charge in [-0.25, -0.2) is 9.50 Å². The second kappa shape index (κ2) is 7.65. The van der Waals surface area contributed by atoms with Crippen molar-refractivity contribution in [3.63, 3.8) is 0 Å². The monoisotopic (exact) mass is 430 g/mol. The second-order valence-electron chi connectivity index (χ2n) is 6.71. The van der Waals surface area contributed by atoms with Gasteiger partial charge in [-0.1, -0.05) is 49.2 Å². The van der Waals surface area contributed by atoms with Gasteiger partial charge in [0.1, 0.15) is 15.1 Å². The average molecular weight is 431 g/mol. The molecule has 4 rings (SSSR count). The number of methoxy groups -OCH3 is 1. The number of thioether (sulfide) groups is 1. The van der Waals surface area contributed by atoms with Crippen molar-refractivity contribution in [2.45, 2.75) is 20.3 Å². The molecule has 0 atom stereocenters. The topological polar surface area (TPSA) is 68.5 Å². The lowest BCUT2D eigenvalue weighted by Gasteiger charge is -2.03. The van der Waals surface area contributed by atoms with Crippen LogP contribution >= 0.6 is 35.3 Å². The van der Waals surface area contributed by atoms with Crippen molar-refractivity contribution in [3.8, 4) is 17.0 Å². The summed E-state index contributed by atoms with van der Waals surface area (Å²) < 4.78 is 7.53. The summed E-state index contributed by atoms with van der Waals surface area (Å²) in [5, 5.41) is 8.43. The molecule has 3 heterocycles. The quantitative estimate of drug-likeness (QED) is 0.484. The normalized spacial score (nSPS) is 15.8. The number of aromatic nitrogens is 3. The number of nitrogens with one attached hydrogen (secondary N) is 1. The number of hydrogen-bond acceptors (Lipinski definition) is 7. The molecule has 1 saturated heterocycles. The fraction of sp³-hybridized carbons (Fsp3) is 0.263. The van der Waals surface area contributed by atoms with Crippen molar-refractivity contribution in [3.05, 3.63) is 39.9 Å². The van der Waals surface area contributed by atoms with E-state index in [1.165, 1.54) is 11.8 Å². The van der Waals surface area contributed by atoms with Gasteiger partial charge in [-0.15, -0.1) is 0 Å². The van der Waals surface area contributed by atoms with Gasteiger partial charge in [-0.2, -0.15) is 5.10 Å². The highest BCUT2D eigenvalue weighted by Gasteiger charge is 2.25. The number of imidazole rings is 1. The predicted molar refractivity (Wildman–Crippen MR) is 118 cm³/mol. The molecule has 3 aromatic rings. The van der Waals surface area contributed by atoms with Crippen molar-refractivity contribution < 1.29 is 9.53 Å². The second-order valence-corrected chi connectivity index (χ2v) is 9.47. The molecule has 2 aromatic heterocycles. The molecule has 28 heavy (non-hydrogen) atoms. The van der Waals surface area contributed by atoms with Crippen molar-refractivity contribution in [2.75, 3.05) is 7.11 Å². The van der Waals surface area contributed by atoms with Gasteiger partial charge in [0.05, 0.1) is 23.4 Å². The number of carbonyl (C=O) groups excluding carboxylic acids is 1. The molecule has 0 aliphatic carbocycles. The van der Waals surface area contributed by atoms with E-state index in [2.05, 4.69) is 19.2 Å². The maximum atomic E-state index is 12.2. The zero-order valence-corrected chi connectivity index (χ0v) is 18.0. The van der Waals surface area contributed by atoms with Crippen LogP contribution in [0.25, 0.3) is 22.3 Å². The summed E-state index contributed by atoms with van der Waals surface area (Å²) in [4.78, 5) is 18.3. The number of fused-ring (bicyclic) bond motifs is 1. The van der Waals surface area contributed by atoms with Gasteiger partial charge in [-0.3, -0.25) is 4.79 Å². The van der Waals surface area contributed by atoms with Crippen LogP contribution in [-0.4, -0.2) is 31.9 Å². The van der Waals surface area contributed by atoms with E-state index in [1.807, 2.05) is 34.9 Å². The maximum Gasteiger partial charge on any atom is 0.263 e. The van der Waals surface area contributed by atoms with Crippen molar-refractivity contribution in [2.24, 2.45) is 5.92 Å². The molecular formula is C19H18N4O2S3. The van der Waals surface area contributed by atoms with E-state index < -0.39 is 0 Å². The minimum absolute atomic E-state index is 0.191. The average Bonchev–Trinajstić information content (AvgIpc) is 3.28. The first kappa shape index (κ1) is 19.1. The van der Waals surface area contributed by atoms with Gasteiger partial charge in [0, 0.05) is 12.0 Å². The molecule has 1 amide bonds. The van der Waals surface area contributed by atoms with Crippen molar-refractivity contribution >= 4 is 56.6 Å². The van der Waals surface area contributed by atoms with Crippen LogP contribution in [0.5, 0.6) is 5.75 Å². The van der Waals surface area contributed by atoms with E-state index in [0.29, 0.717) is 15.1 Å². The van der Waals surface area contributed by atoms with E-state index in [4.69, 9.17) is 27.0 Å². The van der Waals surface area contributed by atoms with E-state index in [-0.39, 0.29) is 5.91 Å². The number of hydrogen-bond donors (Lipinski definition) is 1. The summed E-state index contributed by atoms with van der Waals surface area (Å²) in [5.41, 5.74) is 2.48. The van der Waals surface area contributed by atoms with Gasteiger partial charge >= 0.3 is 0 Å². The van der Waals surface area contributed by atoms with Crippen LogP contribution in [0.15, 0.2) is 29.2 Å². The summed E-state index contributed by atoms with van der Waals surface area (Å²) in [7, 11) is 1.64. The number of benzene rings is 1. The number of nitrogens with zero attached hydrogens (tertiary/aromatic N) is 3. The van der Waals surface area contributed by atoms with Gasteiger partial charge in [0.25, 0.3) is 5.91 Å². The van der Waals surface area contributed by atoms with Crippen molar-refractivity contribution in [1.82, 2.24) is 19.9 Å². The molecule has 144 valence electrons. The van der Waals surface area contributed by atoms with Gasteiger partial charge in [-0.05, 0) is 36.3 Å². The molecule has 1 aliphatic heterocycles. The first-order chi connectivity index (χ1) is 13.4. The molecule has 0 radical (unpaired) electrons. The summed E-state index contributed by atoms with van der Waals surface area (Å²) >= 11 is 7.94. The summed E-state index contributed by atoms with van der Waals surface area (Å²) in [6.45, 7) is 4.33. The fourth-order valence-electron chi connectivity index (χ4n) is 2.87. The van der Waals surface area contributed by atoms with Crippen LogP contribution in [0, 0.1) is 5.92 Å². The fourth-order valence-corrected chi connectivity index (χ4v) is 5.00. The molecule has 1 N–H and O–H groups in total. The van der Waals surface area contributed by atoms with E-state index in [1.54, 1.807) is 18.4 Å². The molecule has 0 saturated carbocycles. The number of rotatable bonds is 5. The molecular weight excluding hydrogens is 412 g/mol. The number of carbonyl (C=O) groups is 1. The number of thiocarbonyl (C=S) groups is 1. The Hall–Kier alpha value is -2.23. The smallest absolute Gasteiger partial charge is 0.263 e. The Labute approximate surface area is 176 Å². The van der Waals surface area contributed by atoms with Crippen LogP contribution in [0.4, 0.5) is 0 Å². The minimum atomic E-state index is -0.191. The van der Waals surface area contributed by atoms with Crippen LogP contribution in [0.3, 0.4) is 0 Å². The summed E-state index contributed by atoms with van der Waals surface area (Å²) in [6, 6.07) is 7.69. The Morgan fingerprint density at radius 2 is 2.07 bits per heavy atom. The molecule has 0 unspecified atom stereocenters. The molecule has 6 nitrogen and oxygen atoms in total. The maximum absolute atomic E-state index is 12.2. The molecule has 1 fully saturated rings. The highest BCUT2D eigenvalue weighted by atomic mass is 32.2. The number of amides is 1. The first-order valence-corrected chi connectivity index (χ1v) is 10.8. The van der Waals surface area contributed by atoms with Crippen LogP contribution in [0.1, 0.15) is 24.5 Å². The molecule has 0 spiro atoms. The zero-order chi connectivity index (χ0) is 19.8. The van der Waals surface area contributed by atoms with Gasteiger partial charge in [0.2, 0.25) is 4.96 Å². The Morgan fingerprint density at radius 3 is 2.68 bits per heavy atom. The Kier molecular flexibility index (Phi) is 5.22. The third-order valence-electron chi connectivity index (χ3n) is 4.14. The Morgan fingerprint density at radius 1 is 1.32 bits per heavy atom. The Balaban J connectivity index is 1.86. The standard InChI is InChI=1S/C19H18N4O2S3/c1-10(2)8-15-22-23-13(9-14-17(24)21-19(26)27-14)16(20-18(23)28-15)11-4-6-12(25-3)7-5-11/h4-7,9-10H,8H2,1-3H3,(H,21,24,26). The lowest BCUT2D eigenvalue weighted by molar-refractivity contribution is -0.115. The SMILES string of the molecule is COc1ccc(-c2nc3sc(CC(C)C)nn3c2C=C2SC(=S)NC2=O)cc1. The van der Waals surface area contributed by atoms with Crippen LogP contribution in [-0.2, 0) is 11.2 Å². The number of ether oxygens (including phenoxy) is 1. The summed E-state index contributed by atoms with van der Waals surface area (Å²) in [6.07, 6.45) is 2.71. The molecule has 1 aromatic carbocycles. The van der Waals surface area contributed by atoms with Gasteiger partial charge in [0.15, 0.2) is 0 Å². The van der Waals surface area contributed by atoms with E-state index in [0.717, 1.165) is 39.1 Å². The highest BCUT2D eigenvalue weighted by molar-refractivity contribution is 8.26.